The minimum atomic E-state index is -0.134. The van der Waals surface area contributed by atoms with E-state index in [0.717, 1.165) is 12.1 Å². The number of carbonyl (C=O) groups excluding carboxylic acids is 1. The molecule has 21 heavy (non-hydrogen) atoms. The number of carbonyl (C=O) groups is 1. The second-order valence-electron chi connectivity index (χ2n) is 5.40. The molecule has 0 bridgehead atoms. The molecule has 5 heteroatoms. The van der Waals surface area contributed by atoms with Crippen LogP contribution in [-0.4, -0.2) is 25.1 Å². The Labute approximate surface area is 132 Å². The van der Waals surface area contributed by atoms with Crippen LogP contribution < -0.4 is 15.4 Å². The summed E-state index contributed by atoms with van der Waals surface area (Å²) >= 11 is 6.16. The smallest absolute Gasteiger partial charge is 0.258 e. The van der Waals surface area contributed by atoms with Crippen molar-refractivity contribution in [3.8, 4) is 5.75 Å². The molecule has 1 aromatic carbocycles. The van der Waals surface area contributed by atoms with Gasteiger partial charge < -0.3 is 15.4 Å². The minimum Gasteiger partial charge on any atom is -0.482 e. The monoisotopic (exact) mass is 312 g/mol. The summed E-state index contributed by atoms with van der Waals surface area (Å²) in [7, 11) is 0. The van der Waals surface area contributed by atoms with E-state index in [2.05, 4.69) is 24.5 Å². The van der Waals surface area contributed by atoms with Crippen molar-refractivity contribution >= 4 is 17.5 Å². The highest BCUT2D eigenvalue weighted by molar-refractivity contribution is 6.32. The highest BCUT2D eigenvalue weighted by Gasteiger charge is 2.13. The molecule has 1 atom stereocenters. The van der Waals surface area contributed by atoms with Crippen molar-refractivity contribution in [1.82, 2.24) is 10.6 Å². The number of benzene rings is 1. The maximum Gasteiger partial charge on any atom is 0.258 e. The third kappa shape index (κ3) is 5.94. The van der Waals surface area contributed by atoms with Gasteiger partial charge in [0.1, 0.15) is 5.75 Å². The first-order valence-corrected chi connectivity index (χ1v) is 7.73. The first kappa shape index (κ1) is 17.8. The second-order valence-corrected chi connectivity index (χ2v) is 5.80. The van der Waals surface area contributed by atoms with Crippen molar-refractivity contribution in [2.75, 3.05) is 13.2 Å². The maximum absolute atomic E-state index is 11.9. The average Bonchev–Trinajstić information content (AvgIpc) is 2.43. The fourth-order valence-corrected chi connectivity index (χ4v) is 1.96. The van der Waals surface area contributed by atoms with Crippen LogP contribution in [0.2, 0.25) is 5.02 Å². The Hall–Kier alpha value is -1.26. The molecule has 0 saturated heterocycles. The predicted octanol–water partition coefficient (Wildman–Crippen LogP) is 2.99. The average molecular weight is 313 g/mol. The van der Waals surface area contributed by atoms with Gasteiger partial charge in [0, 0.05) is 18.2 Å². The quantitative estimate of drug-likeness (QED) is 0.776. The van der Waals surface area contributed by atoms with Gasteiger partial charge in [-0.15, -0.1) is 0 Å². The Bertz CT molecular complexity index is 464. The van der Waals surface area contributed by atoms with Gasteiger partial charge in [-0.3, -0.25) is 4.79 Å². The molecule has 0 saturated carbocycles. The third-order valence-corrected chi connectivity index (χ3v) is 3.65. The van der Waals surface area contributed by atoms with E-state index < -0.39 is 0 Å². The van der Waals surface area contributed by atoms with Gasteiger partial charge in [-0.05, 0) is 25.5 Å². The Kier molecular flexibility index (Phi) is 7.54. The SMILES string of the molecule is CCNCc1cccc(Cl)c1OCC(=O)NC(C)C(C)C. The normalized spacial score (nSPS) is 12.3. The lowest BCUT2D eigenvalue weighted by Gasteiger charge is -2.18. The minimum absolute atomic E-state index is 0.0279. The second kappa shape index (κ2) is 8.90. The molecule has 0 heterocycles. The van der Waals surface area contributed by atoms with Crippen LogP contribution in [0.5, 0.6) is 5.75 Å². The van der Waals surface area contributed by atoms with E-state index in [4.69, 9.17) is 16.3 Å². The van der Waals surface area contributed by atoms with Crippen LogP contribution in [0.3, 0.4) is 0 Å². The zero-order chi connectivity index (χ0) is 15.8. The van der Waals surface area contributed by atoms with Gasteiger partial charge in [-0.1, -0.05) is 44.5 Å². The summed E-state index contributed by atoms with van der Waals surface area (Å²) in [6, 6.07) is 5.70. The molecule has 0 aliphatic carbocycles. The fourth-order valence-electron chi connectivity index (χ4n) is 1.71. The van der Waals surface area contributed by atoms with Gasteiger partial charge in [0.2, 0.25) is 0 Å². The molecule has 0 fully saturated rings. The molecule has 1 aromatic rings. The number of hydrogen-bond acceptors (Lipinski definition) is 3. The number of ether oxygens (including phenoxy) is 1. The van der Waals surface area contributed by atoms with Crippen LogP contribution in [-0.2, 0) is 11.3 Å². The summed E-state index contributed by atoms with van der Waals surface area (Å²) in [6.45, 7) is 9.64. The predicted molar refractivity (Wildman–Crippen MR) is 86.8 cm³/mol. The van der Waals surface area contributed by atoms with E-state index in [9.17, 15) is 4.79 Å². The molecule has 4 nitrogen and oxygen atoms in total. The number of rotatable bonds is 8. The molecule has 1 amide bonds. The summed E-state index contributed by atoms with van der Waals surface area (Å²) < 4.78 is 5.62. The first-order chi connectivity index (χ1) is 9.95. The molecule has 1 unspecified atom stereocenters. The summed E-state index contributed by atoms with van der Waals surface area (Å²) in [6.07, 6.45) is 0. The van der Waals surface area contributed by atoms with Gasteiger partial charge in [0.25, 0.3) is 5.91 Å². The molecule has 0 aliphatic rings. The van der Waals surface area contributed by atoms with Crippen LogP contribution in [0.4, 0.5) is 0 Å². The van der Waals surface area contributed by atoms with E-state index in [0.29, 0.717) is 23.2 Å². The Morgan fingerprint density at radius 3 is 2.67 bits per heavy atom. The summed E-state index contributed by atoms with van der Waals surface area (Å²) in [5, 5.41) is 6.66. The number of halogens is 1. The lowest BCUT2D eigenvalue weighted by molar-refractivity contribution is -0.124. The van der Waals surface area contributed by atoms with Crippen LogP contribution in [0.15, 0.2) is 18.2 Å². The van der Waals surface area contributed by atoms with Crippen molar-refractivity contribution < 1.29 is 9.53 Å². The Balaban J connectivity index is 2.63. The lowest BCUT2D eigenvalue weighted by atomic mass is 10.1. The molecule has 0 aromatic heterocycles. The van der Waals surface area contributed by atoms with Gasteiger partial charge in [0.05, 0.1) is 5.02 Å². The zero-order valence-corrected chi connectivity index (χ0v) is 14.0. The van der Waals surface area contributed by atoms with Gasteiger partial charge in [0.15, 0.2) is 6.61 Å². The van der Waals surface area contributed by atoms with Crippen molar-refractivity contribution in [2.45, 2.75) is 40.3 Å². The van der Waals surface area contributed by atoms with E-state index in [1.807, 2.05) is 26.0 Å². The number of hydrogen-bond donors (Lipinski definition) is 2. The maximum atomic E-state index is 11.9. The van der Waals surface area contributed by atoms with E-state index in [1.165, 1.54) is 0 Å². The molecular weight excluding hydrogens is 288 g/mol. The highest BCUT2D eigenvalue weighted by Crippen LogP contribution is 2.28. The van der Waals surface area contributed by atoms with Gasteiger partial charge in [-0.25, -0.2) is 0 Å². The molecule has 118 valence electrons. The van der Waals surface area contributed by atoms with Crippen molar-refractivity contribution in [2.24, 2.45) is 5.92 Å². The fraction of sp³-hybridized carbons (Fsp3) is 0.562. The number of nitrogens with one attached hydrogen (secondary N) is 2. The highest BCUT2D eigenvalue weighted by atomic mass is 35.5. The molecular formula is C16H25ClN2O2. The topological polar surface area (TPSA) is 50.4 Å². The zero-order valence-electron chi connectivity index (χ0n) is 13.2. The number of amides is 1. The van der Waals surface area contributed by atoms with E-state index in [1.54, 1.807) is 6.07 Å². The van der Waals surface area contributed by atoms with Crippen molar-refractivity contribution in [1.29, 1.82) is 0 Å². The van der Waals surface area contributed by atoms with Crippen LogP contribution in [0, 0.1) is 5.92 Å². The lowest BCUT2D eigenvalue weighted by Crippen LogP contribution is -2.39. The summed E-state index contributed by atoms with van der Waals surface area (Å²) in [5.41, 5.74) is 0.953. The van der Waals surface area contributed by atoms with Gasteiger partial charge >= 0.3 is 0 Å². The molecule has 2 N–H and O–H groups in total. The molecule has 0 radical (unpaired) electrons. The standard InChI is InChI=1S/C16H25ClN2O2/c1-5-18-9-13-7-6-8-14(17)16(13)21-10-15(20)19-12(4)11(2)3/h6-8,11-12,18H,5,9-10H2,1-4H3,(H,19,20). The molecule has 1 rings (SSSR count). The Morgan fingerprint density at radius 2 is 2.05 bits per heavy atom. The van der Waals surface area contributed by atoms with Gasteiger partial charge in [-0.2, -0.15) is 0 Å². The largest absolute Gasteiger partial charge is 0.482 e. The molecule has 0 aliphatic heterocycles. The molecule has 0 spiro atoms. The summed E-state index contributed by atoms with van der Waals surface area (Å²) in [4.78, 5) is 11.9. The van der Waals surface area contributed by atoms with Crippen LogP contribution in [0.25, 0.3) is 0 Å². The van der Waals surface area contributed by atoms with E-state index >= 15 is 0 Å². The third-order valence-electron chi connectivity index (χ3n) is 3.35. The van der Waals surface area contributed by atoms with Crippen molar-refractivity contribution in [3.63, 3.8) is 0 Å². The first-order valence-electron chi connectivity index (χ1n) is 7.36. The number of para-hydroxylation sites is 1. The Morgan fingerprint density at radius 1 is 1.33 bits per heavy atom. The van der Waals surface area contributed by atoms with Crippen LogP contribution in [0.1, 0.15) is 33.3 Å². The van der Waals surface area contributed by atoms with Crippen molar-refractivity contribution in [3.05, 3.63) is 28.8 Å². The summed E-state index contributed by atoms with van der Waals surface area (Å²) in [5.74, 6) is 0.830. The van der Waals surface area contributed by atoms with E-state index in [-0.39, 0.29) is 18.6 Å². The van der Waals surface area contributed by atoms with Crippen LogP contribution >= 0.6 is 11.6 Å².